The molecule has 0 saturated carbocycles. The van der Waals surface area contributed by atoms with Crippen molar-refractivity contribution in [3.8, 4) is 17.6 Å². The van der Waals surface area contributed by atoms with Crippen molar-refractivity contribution >= 4 is 45.9 Å². The number of fused-ring (bicyclic) bond motifs is 1. The van der Waals surface area contributed by atoms with Crippen molar-refractivity contribution in [2.45, 2.75) is 46.5 Å². The Labute approximate surface area is 352 Å². The zero-order valence-corrected chi connectivity index (χ0v) is 33.4. The minimum atomic E-state index is -1.00. The molecule has 0 radical (unpaired) electrons. The van der Waals surface area contributed by atoms with Gasteiger partial charge in [-0.25, -0.2) is 18.7 Å². The van der Waals surface area contributed by atoms with Crippen LogP contribution in [-0.4, -0.2) is 29.0 Å². The fourth-order valence-electron chi connectivity index (χ4n) is 3.46. The van der Waals surface area contributed by atoms with E-state index in [-0.39, 0.29) is 87.5 Å². The molecule has 4 aromatic carbocycles. The predicted molar refractivity (Wildman–Crippen MR) is 183 cm³/mol. The maximum Gasteiger partial charge on any atom is 1.00 e. The Morgan fingerprint density at radius 3 is 1.90 bits per heavy atom. The molecule has 0 aliphatic rings. The Hall–Kier alpha value is -3.43. The molecule has 274 valence electrons. The minimum absolute atomic E-state index is 0. The summed E-state index contributed by atoms with van der Waals surface area (Å²) in [6.07, 6.45) is 0. The van der Waals surface area contributed by atoms with E-state index >= 15 is 0 Å². The number of hydrogen-bond donors (Lipinski definition) is 3. The summed E-state index contributed by atoms with van der Waals surface area (Å²) < 4.78 is 71.1. The van der Waals surface area contributed by atoms with Crippen LogP contribution in [0.25, 0.3) is 11.0 Å². The molecule has 0 atom stereocenters. The molecule has 0 saturated heterocycles. The molecule has 0 fully saturated rings. The van der Waals surface area contributed by atoms with Crippen molar-refractivity contribution in [3.05, 3.63) is 117 Å². The number of anilines is 1. The molecule has 17 heteroatoms. The van der Waals surface area contributed by atoms with E-state index < -0.39 is 30.3 Å². The summed E-state index contributed by atoms with van der Waals surface area (Å²) in [5.41, 5.74) is 7.70. The van der Waals surface area contributed by atoms with Gasteiger partial charge in [-0.2, -0.15) is 5.26 Å². The molecular weight excluding hydrogens is 758 g/mol. The predicted octanol–water partition coefficient (Wildman–Crippen LogP) is 5.10. The number of ether oxygens (including phenoxy) is 2. The van der Waals surface area contributed by atoms with Gasteiger partial charge >= 0.3 is 51.4 Å². The number of nitrogens with two attached hydrogens (primary N) is 1. The van der Waals surface area contributed by atoms with Gasteiger partial charge in [0.15, 0.2) is 11.4 Å². The number of aromatic nitrogens is 1. The number of nitrogens with zero attached hydrogens (tertiary/aromatic N) is 2. The first kappa shape index (κ1) is 46.6. The number of nitriles is 1. The van der Waals surface area contributed by atoms with Crippen LogP contribution in [0.3, 0.4) is 0 Å². The van der Waals surface area contributed by atoms with Gasteiger partial charge in [0.05, 0.1) is 8.52 Å². The van der Waals surface area contributed by atoms with Crippen molar-refractivity contribution < 1.29 is 99.4 Å². The third kappa shape index (κ3) is 17.9. The number of amides is 1. The number of benzene rings is 4. The SMILES string of the molecule is CC(=O)NO.CC(C)(C)[O-].N#Cc1c(F)cccc1OCc1cc(F)ccc1Cl.Nc1noc2cccc(OCc3cc(F)ccc3Cl)c12.[2H]CF.[K+]. The van der Waals surface area contributed by atoms with E-state index in [1.54, 1.807) is 45.0 Å². The van der Waals surface area contributed by atoms with Gasteiger partial charge in [-0.15, -0.1) is 5.60 Å². The molecule has 10 nitrogen and oxygen atoms in total. The molecule has 52 heavy (non-hydrogen) atoms. The number of rotatable bonds is 6. The van der Waals surface area contributed by atoms with Crippen molar-refractivity contribution in [3.63, 3.8) is 0 Å². The number of alkyl halides is 1. The van der Waals surface area contributed by atoms with Gasteiger partial charge in [-0.05, 0) is 60.7 Å². The van der Waals surface area contributed by atoms with E-state index in [0.717, 1.165) is 0 Å². The third-order valence-electron chi connectivity index (χ3n) is 5.51. The fourth-order valence-corrected chi connectivity index (χ4v) is 3.80. The van der Waals surface area contributed by atoms with Gasteiger partial charge in [-0.1, -0.05) is 61.3 Å². The summed E-state index contributed by atoms with van der Waals surface area (Å²) in [5, 5.41) is 31.5. The molecule has 0 bridgehead atoms. The van der Waals surface area contributed by atoms with Crippen molar-refractivity contribution in [1.29, 1.82) is 5.26 Å². The van der Waals surface area contributed by atoms with Crippen LogP contribution in [0.1, 0.15) is 45.8 Å². The Bertz CT molecular complexity index is 1920. The average Bonchev–Trinajstić information content (AvgIpc) is 3.47. The smallest absolute Gasteiger partial charge is 0.850 e. The third-order valence-corrected chi connectivity index (χ3v) is 6.25. The van der Waals surface area contributed by atoms with Crippen molar-refractivity contribution in [2.75, 3.05) is 12.9 Å². The zero-order chi connectivity index (χ0) is 39.4. The summed E-state index contributed by atoms with van der Waals surface area (Å²) in [6.45, 7) is 6.20. The number of nitrogens with one attached hydrogen (secondary N) is 1. The number of nitrogen functional groups attached to an aromatic ring is 1. The first-order chi connectivity index (χ1) is 24.4. The number of halogens is 6. The van der Waals surface area contributed by atoms with E-state index in [1.165, 1.54) is 67.0 Å². The second-order valence-electron chi connectivity index (χ2n) is 10.8. The number of carbonyl (C=O) groups is 1. The van der Waals surface area contributed by atoms with Gasteiger partial charge in [0, 0.05) is 28.1 Å². The summed E-state index contributed by atoms with van der Waals surface area (Å²) >= 11 is 11.9. The standard InChI is InChI=1S/C14H8ClF2NO.C14H10ClFN2O2.C4H9O.C2H5NO2.CH3F.K/c15-12-5-4-10(16)6-9(12)8-19-14-3-1-2-13(17)11(14)7-18;15-10-5-4-9(16)6-8(10)7-19-11-2-1-3-12-13(11)14(17)18-20-12;1-4(2,3)5;1-2(4)3-5;1-2;/h1-6H,8H2;1-6H,7H2,(H2,17,18);1-3H3;5H,1H3,(H,3,4);1H3;/q;;-1;;;+1/i;;;;1D;. The summed E-state index contributed by atoms with van der Waals surface area (Å²) in [7, 11) is -1.00. The molecule has 1 amide bonds. The van der Waals surface area contributed by atoms with E-state index in [2.05, 4.69) is 5.16 Å². The first-order valence-corrected chi connectivity index (χ1v) is 15.1. The summed E-state index contributed by atoms with van der Waals surface area (Å²) in [4.78, 5) is 9.45. The molecule has 0 unspecified atom stereocenters. The van der Waals surface area contributed by atoms with Crippen LogP contribution < -0.4 is 77.2 Å². The van der Waals surface area contributed by atoms with Crippen LogP contribution in [0, 0.1) is 28.8 Å². The molecule has 1 aromatic heterocycles. The molecule has 5 aromatic rings. The van der Waals surface area contributed by atoms with Crippen LogP contribution in [0.2, 0.25) is 10.0 Å². The molecular formula is C35H35Cl2F4KN4O6. The molecule has 5 rings (SSSR count). The monoisotopic (exact) mass is 793 g/mol. The van der Waals surface area contributed by atoms with Crippen LogP contribution in [0.15, 0.2) is 77.3 Å². The molecule has 4 N–H and O–H groups in total. The zero-order valence-electron chi connectivity index (χ0n) is 29.8. The summed E-state index contributed by atoms with van der Waals surface area (Å²) in [6, 6.07) is 19.0. The number of carbonyl (C=O) groups excluding carboxylic acids is 1. The maximum atomic E-state index is 13.3. The number of hydrogen-bond acceptors (Lipinski definition) is 9. The topological polar surface area (TPSA) is 167 Å². The quantitative estimate of drug-likeness (QED) is 0.0918. The molecule has 0 aliphatic carbocycles. The van der Waals surface area contributed by atoms with Crippen LogP contribution >= 0.6 is 23.2 Å². The van der Waals surface area contributed by atoms with Crippen LogP contribution in [0.4, 0.5) is 23.4 Å². The first-order valence-electron chi connectivity index (χ1n) is 15.1. The van der Waals surface area contributed by atoms with E-state index in [4.69, 9.17) is 54.8 Å². The Balaban J connectivity index is 0.000000760. The van der Waals surface area contributed by atoms with Gasteiger partial charge in [0.2, 0.25) is 5.91 Å². The Morgan fingerprint density at radius 1 is 1.00 bits per heavy atom. The van der Waals surface area contributed by atoms with Crippen LogP contribution in [-0.2, 0) is 18.0 Å². The van der Waals surface area contributed by atoms with Crippen molar-refractivity contribution in [1.82, 2.24) is 10.6 Å². The van der Waals surface area contributed by atoms with Gasteiger partial charge in [0.1, 0.15) is 59.2 Å². The molecule has 0 aliphatic heterocycles. The second-order valence-corrected chi connectivity index (χ2v) is 11.6. The molecule has 0 spiro atoms. The fraction of sp³-hybridized carbons (Fsp3) is 0.229. The van der Waals surface area contributed by atoms with E-state index in [0.29, 0.717) is 37.9 Å². The van der Waals surface area contributed by atoms with Crippen molar-refractivity contribution in [2.24, 2.45) is 0 Å². The van der Waals surface area contributed by atoms with E-state index in [1.807, 2.05) is 0 Å². The molecule has 1 heterocycles. The minimum Gasteiger partial charge on any atom is -0.850 e. The second kappa shape index (κ2) is 24.7. The Morgan fingerprint density at radius 2 is 1.44 bits per heavy atom. The normalized spacial score (nSPS) is 10.0. The number of hydroxylamine groups is 1. The van der Waals surface area contributed by atoms with Gasteiger partial charge in [0.25, 0.3) is 0 Å². The summed E-state index contributed by atoms with van der Waals surface area (Å²) in [5.74, 6) is -1.04. The average molecular weight is 795 g/mol. The maximum absolute atomic E-state index is 13.3. The van der Waals surface area contributed by atoms with Gasteiger partial charge < -0.3 is 24.8 Å². The van der Waals surface area contributed by atoms with Gasteiger partial charge in [-0.3, -0.25) is 14.4 Å². The van der Waals surface area contributed by atoms with Crippen LogP contribution in [0.5, 0.6) is 11.5 Å². The Kier molecular flexibility index (Phi) is 22.2. The van der Waals surface area contributed by atoms with E-state index in [9.17, 15) is 27.5 Å². The largest absolute Gasteiger partial charge is 1.00 e.